The maximum absolute atomic E-state index is 12.3. The highest BCUT2D eigenvalue weighted by Gasteiger charge is 2.22. The van der Waals surface area contributed by atoms with Crippen molar-refractivity contribution in [2.24, 2.45) is 0 Å². The molecule has 5 nitrogen and oxygen atoms in total. The van der Waals surface area contributed by atoms with Gasteiger partial charge in [0.25, 0.3) is 0 Å². The minimum atomic E-state index is -0.865. The molecule has 122 valence electrons. The van der Waals surface area contributed by atoms with Crippen molar-refractivity contribution >= 4 is 23.3 Å². The lowest BCUT2D eigenvalue weighted by Gasteiger charge is -2.18. The zero-order chi connectivity index (χ0) is 17.1. The molecule has 0 aliphatic carbocycles. The first-order chi connectivity index (χ1) is 11.5. The van der Waals surface area contributed by atoms with Crippen molar-refractivity contribution in [3.63, 3.8) is 0 Å². The SMILES string of the molecule is C[C@H](OC(=O)c1ccc2c(c1)CCC(=O)N2)C(=O)c1ccccc1. The van der Waals surface area contributed by atoms with Gasteiger partial charge in [0, 0.05) is 17.7 Å². The van der Waals surface area contributed by atoms with E-state index in [0.29, 0.717) is 24.0 Å². The van der Waals surface area contributed by atoms with Crippen LogP contribution in [0.4, 0.5) is 5.69 Å². The highest BCUT2D eigenvalue weighted by atomic mass is 16.5. The predicted octanol–water partition coefficient (Wildman–Crippen LogP) is 3.00. The normalized spacial score (nSPS) is 14.3. The van der Waals surface area contributed by atoms with Crippen molar-refractivity contribution in [1.29, 1.82) is 0 Å². The number of benzene rings is 2. The number of Topliss-reactive ketones (excluding diaryl/α,β-unsaturated/α-hetero) is 1. The molecular formula is C19H17NO4. The number of fused-ring (bicyclic) bond motifs is 1. The van der Waals surface area contributed by atoms with Gasteiger partial charge in [-0.2, -0.15) is 0 Å². The number of nitrogens with one attached hydrogen (secondary N) is 1. The summed E-state index contributed by atoms with van der Waals surface area (Å²) in [6.07, 6.45) is 0.116. The summed E-state index contributed by atoms with van der Waals surface area (Å²) in [6, 6.07) is 13.7. The Kier molecular flexibility index (Phi) is 4.42. The van der Waals surface area contributed by atoms with Crippen molar-refractivity contribution in [3.8, 4) is 0 Å². The Labute approximate surface area is 139 Å². The molecule has 2 aromatic rings. The molecule has 0 unspecified atom stereocenters. The molecule has 1 N–H and O–H groups in total. The number of ether oxygens (including phenoxy) is 1. The van der Waals surface area contributed by atoms with E-state index in [4.69, 9.17) is 4.74 Å². The van der Waals surface area contributed by atoms with E-state index in [-0.39, 0.29) is 11.7 Å². The van der Waals surface area contributed by atoms with Gasteiger partial charge in [0.05, 0.1) is 5.56 Å². The lowest BCUT2D eigenvalue weighted by Crippen LogP contribution is -2.25. The Hall–Kier alpha value is -2.95. The largest absolute Gasteiger partial charge is 0.451 e. The summed E-state index contributed by atoms with van der Waals surface area (Å²) in [4.78, 5) is 35.9. The van der Waals surface area contributed by atoms with E-state index in [1.165, 1.54) is 0 Å². The maximum atomic E-state index is 12.3. The minimum Gasteiger partial charge on any atom is -0.451 e. The van der Waals surface area contributed by atoms with E-state index < -0.39 is 12.1 Å². The zero-order valence-corrected chi connectivity index (χ0v) is 13.2. The van der Waals surface area contributed by atoms with Crippen LogP contribution in [0.15, 0.2) is 48.5 Å². The third-order valence-electron chi connectivity index (χ3n) is 3.95. The summed E-state index contributed by atoms with van der Waals surface area (Å²) >= 11 is 0. The highest BCUT2D eigenvalue weighted by Crippen LogP contribution is 2.24. The quantitative estimate of drug-likeness (QED) is 0.693. The number of aryl methyl sites for hydroxylation is 1. The number of hydrogen-bond donors (Lipinski definition) is 1. The first-order valence-electron chi connectivity index (χ1n) is 7.77. The number of anilines is 1. The van der Waals surface area contributed by atoms with E-state index in [0.717, 1.165) is 11.3 Å². The van der Waals surface area contributed by atoms with Gasteiger partial charge in [0.1, 0.15) is 0 Å². The Morgan fingerprint density at radius 1 is 1.04 bits per heavy atom. The molecular weight excluding hydrogens is 306 g/mol. The number of ketones is 1. The van der Waals surface area contributed by atoms with Crippen LogP contribution in [-0.4, -0.2) is 23.8 Å². The van der Waals surface area contributed by atoms with Crippen molar-refractivity contribution in [1.82, 2.24) is 0 Å². The molecule has 0 saturated carbocycles. The summed E-state index contributed by atoms with van der Waals surface area (Å²) in [5.74, 6) is -0.819. The molecule has 2 aromatic carbocycles. The number of hydrogen-bond acceptors (Lipinski definition) is 4. The number of rotatable bonds is 4. The van der Waals surface area contributed by atoms with Crippen LogP contribution >= 0.6 is 0 Å². The van der Waals surface area contributed by atoms with Gasteiger partial charge in [-0.3, -0.25) is 9.59 Å². The van der Waals surface area contributed by atoms with E-state index in [1.807, 2.05) is 6.07 Å². The summed E-state index contributed by atoms with van der Waals surface area (Å²) in [6.45, 7) is 1.56. The van der Waals surface area contributed by atoms with Crippen LogP contribution in [-0.2, 0) is 16.0 Å². The molecule has 0 saturated heterocycles. The van der Waals surface area contributed by atoms with Gasteiger partial charge in [-0.25, -0.2) is 4.79 Å². The fourth-order valence-electron chi connectivity index (χ4n) is 2.63. The fourth-order valence-corrected chi connectivity index (χ4v) is 2.63. The summed E-state index contributed by atoms with van der Waals surface area (Å²) in [7, 11) is 0. The fraction of sp³-hybridized carbons (Fsp3) is 0.211. The average Bonchev–Trinajstić information content (AvgIpc) is 2.61. The van der Waals surface area contributed by atoms with E-state index in [9.17, 15) is 14.4 Å². The van der Waals surface area contributed by atoms with Gasteiger partial charge in [-0.05, 0) is 37.1 Å². The number of amides is 1. The van der Waals surface area contributed by atoms with Crippen molar-refractivity contribution < 1.29 is 19.1 Å². The molecule has 0 aromatic heterocycles. The summed E-state index contributed by atoms with van der Waals surface area (Å²) in [5, 5.41) is 2.76. The van der Waals surface area contributed by atoms with Crippen molar-refractivity contribution in [3.05, 3.63) is 65.2 Å². The molecule has 0 fully saturated rings. The molecule has 3 rings (SSSR count). The molecule has 1 heterocycles. The number of carbonyl (C=O) groups is 3. The molecule has 1 amide bonds. The monoisotopic (exact) mass is 323 g/mol. The molecule has 1 aliphatic rings. The molecule has 0 radical (unpaired) electrons. The maximum Gasteiger partial charge on any atom is 0.338 e. The van der Waals surface area contributed by atoms with Gasteiger partial charge in [0.15, 0.2) is 6.10 Å². The average molecular weight is 323 g/mol. The van der Waals surface area contributed by atoms with Crippen molar-refractivity contribution in [2.45, 2.75) is 25.9 Å². The first kappa shape index (κ1) is 15.9. The number of esters is 1. The second-order valence-corrected chi connectivity index (χ2v) is 5.70. The van der Waals surface area contributed by atoms with E-state index in [1.54, 1.807) is 49.4 Å². The summed E-state index contributed by atoms with van der Waals surface area (Å²) < 4.78 is 5.29. The molecule has 1 aliphatic heterocycles. The Morgan fingerprint density at radius 3 is 2.54 bits per heavy atom. The standard InChI is InChI=1S/C19H17NO4/c1-12(18(22)13-5-3-2-4-6-13)24-19(23)15-7-9-16-14(11-15)8-10-17(21)20-16/h2-7,9,11-12H,8,10H2,1H3,(H,20,21)/t12-/m0/s1. The minimum absolute atomic E-state index is 0.0279. The Morgan fingerprint density at radius 2 is 1.79 bits per heavy atom. The molecule has 1 atom stereocenters. The van der Waals surface area contributed by atoms with Crippen LogP contribution in [0.1, 0.15) is 39.6 Å². The van der Waals surface area contributed by atoms with Crippen molar-refractivity contribution in [2.75, 3.05) is 5.32 Å². The highest BCUT2D eigenvalue weighted by molar-refractivity contribution is 6.01. The predicted molar refractivity (Wildman–Crippen MR) is 89.0 cm³/mol. The third kappa shape index (κ3) is 3.35. The van der Waals surface area contributed by atoms with Gasteiger partial charge < -0.3 is 10.1 Å². The second kappa shape index (κ2) is 6.66. The van der Waals surface area contributed by atoms with Crippen LogP contribution < -0.4 is 5.32 Å². The Bertz CT molecular complexity index is 798. The lowest BCUT2D eigenvalue weighted by atomic mass is 10.0. The van der Waals surface area contributed by atoms with Crippen LogP contribution in [0.5, 0.6) is 0 Å². The van der Waals surface area contributed by atoms with Gasteiger partial charge in [-0.1, -0.05) is 30.3 Å². The van der Waals surface area contributed by atoms with E-state index >= 15 is 0 Å². The Balaban J connectivity index is 1.71. The molecule has 0 bridgehead atoms. The summed E-state index contributed by atoms with van der Waals surface area (Å²) in [5.41, 5.74) is 2.49. The van der Waals surface area contributed by atoms with Gasteiger partial charge in [0.2, 0.25) is 11.7 Å². The first-order valence-corrected chi connectivity index (χ1v) is 7.77. The van der Waals surface area contributed by atoms with Crippen LogP contribution in [0.25, 0.3) is 0 Å². The van der Waals surface area contributed by atoms with Crippen LogP contribution in [0.2, 0.25) is 0 Å². The lowest BCUT2D eigenvalue weighted by molar-refractivity contribution is -0.116. The van der Waals surface area contributed by atoms with Crippen LogP contribution in [0, 0.1) is 0 Å². The third-order valence-corrected chi connectivity index (χ3v) is 3.95. The second-order valence-electron chi connectivity index (χ2n) is 5.70. The zero-order valence-electron chi connectivity index (χ0n) is 13.2. The van der Waals surface area contributed by atoms with Gasteiger partial charge >= 0.3 is 5.97 Å². The molecule has 5 heteroatoms. The molecule has 0 spiro atoms. The molecule has 24 heavy (non-hydrogen) atoms. The van der Waals surface area contributed by atoms with E-state index in [2.05, 4.69) is 5.32 Å². The number of carbonyl (C=O) groups excluding carboxylic acids is 3. The topological polar surface area (TPSA) is 72.5 Å². The van der Waals surface area contributed by atoms with Gasteiger partial charge in [-0.15, -0.1) is 0 Å². The smallest absolute Gasteiger partial charge is 0.338 e. The van der Waals surface area contributed by atoms with Crippen LogP contribution in [0.3, 0.4) is 0 Å².